The number of aliphatic hydroxyl groups excluding tert-OH is 8. The standard InChI is InChI=1S/C19H36O13/c1-9(30-18-12(25)5-11(24)14(6-21)32-18)16(26)17(27)19(28-3-2-20)31-13-4-10(23)8-29-15(13)7-22/h9-27H,2-8H2,1H3/t9-,10+,11+,12+,13+,14?,15?,16?,17+,18+,19-/m1/s1. The second kappa shape index (κ2) is 13.4. The molecular weight excluding hydrogens is 436 g/mol. The summed E-state index contributed by atoms with van der Waals surface area (Å²) in [6, 6.07) is 0. The van der Waals surface area contributed by atoms with E-state index in [-0.39, 0.29) is 26.1 Å². The lowest BCUT2D eigenvalue weighted by atomic mass is 10.0. The zero-order valence-corrected chi connectivity index (χ0v) is 17.9. The molecule has 2 aliphatic heterocycles. The third-order valence-electron chi connectivity index (χ3n) is 5.46. The van der Waals surface area contributed by atoms with E-state index in [0.717, 1.165) is 0 Å². The van der Waals surface area contributed by atoms with Crippen molar-refractivity contribution in [1.29, 1.82) is 0 Å². The fourth-order valence-corrected chi connectivity index (χ4v) is 3.59. The summed E-state index contributed by atoms with van der Waals surface area (Å²) in [5.74, 6) is 0. The lowest BCUT2D eigenvalue weighted by Gasteiger charge is -2.40. The first kappa shape index (κ1) is 27.7. The third kappa shape index (κ3) is 7.50. The van der Waals surface area contributed by atoms with E-state index in [1.54, 1.807) is 0 Å². The van der Waals surface area contributed by atoms with Gasteiger partial charge in [-0.2, -0.15) is 0 Å². The minimum absolute atomic E-state index is 0.0105. The van der Waals surface area contributed by atoms with Gasteiger partial charge in [-0.05, 0) is 6.92 Å². The molecule has 2 heterocycles. The molecule has 0 amide bonds. The van der Waals surface area contributed by atoms with Gasteiger partial charge in [0.15, 0.2) is 12.6 Å². The van der Waals surface area contributed by atoms with Gasteiger partial charge in [-0.25, -0.2) is 0 Å². The van der Waals surface area contributed by atoms with Gasteiger partial charge in [0.25, 0.3) is 0 Å². The summed E-state index contributed by atoms with van der Waals surface area (Å²) in [6.07, 6.45) is -13.0. The average molecular weight is 472 g/mol. The van der Waals surface area contributed by atoms with Gasteiger partial charge in [-0.15, -0.1) is 0 Å². The molecule has 2 rings (SSSR count). The van der Waals surface area contributed by atoms with Crippen molar-refractivity contribution in [2.45, 2.75) is 87.3 Å². The van der Waals surface area contributed by atoms with Crippen LogP contribution in [-0.4, -0.2) is 141 Å². The van der Waals surface area contributed by atoms with E-state index in [1.165, 1.54) is 6.92 Å². The van der Waals surface area contributed by atoms with Gasteiger partial charge in [0.1, 0.15) is 30.5 Å². The molecule has 0 aromatic carbocycles. The van der Waals surface area contributed by atoms with Crippen LogP contribution >= 0.6 is 0 Å². The highest BCUT2D eigenvalue weighted by Gasteiger charge is 2.41. The van der Waals surface area contributed by atoms with Crippen LogP contribution < -0.4 is 0 Å². The Kier molecular flexibility index (Phi) is 11.6. The van der Waals surface area contributed by atoms with Gasteiger partial charge in [-0.3, -0.25) is 0 Å². The predicted molar refractivity (Wildman–Crippen MR) is 104 cm³/mol. The fourth-order valence-electron chi connectivity index (χ4n) is 3.59. The zero-order valence-electron chi connectivity index (χ0n) is 17.9. The lowest BCUT2D eigenvalue weighted by Crippen LogP contribution is -2.54. The summed E-state index contributed by atoms with van der Waals surface area (Å²) in [4.78, 5) is 0. The summed E-state index contributed by atoms with van der Waals surface area (Å²) in [5, 5.41) is 78.7. The van der Waals surface area contributed by atoms with E-state index in [1.807, 2.05) is 0 Å². The maximum atomic E-state index is 10.7. The summed E-state index contributed by atoms with van der Waals surface area (Å²) in [6.45, 7) is -0.123. The van der Waals surface area contributed by atoms with E-state index in [0.29, 0.717) is 0 Å². The Bertz CT molecular complexity index is 525. The third-order valence-corrected chi connectivity index (χ3v) is 5.46. The van der Waals surface area contributed by atoms with Crippen LogP contribution in [0.5, 0.6) is 0 Å². The van der Waals surface area contributed by atoms with Gasteiger partial charge in [0.2, 0.25) is 0 Å². The van der Waals surface area contributed by atoms with Crippen molar-refractivity contribution in [3.05, 3.63) is 0 Å². The molecule has 11 atom stereocenters. The highest BCUT2D eigenvalue weighted by atomic mass is 16.7. The quantitative estimate of drug-likeness (QED) is 0.127. The minimum Gasteiger partial charge on any atom is -0.394 e. The molecule has 0 bridgehead atoms. The van der Waals surface area contributed by atoms with E-state index < -0.39 is 87.3 Å². The van der Waals surface area contributed by atoms with Crippen LogP contribution in [0, 0.1) is 0 Å². The van der Waals surface area contributed by atoms with Crippen molar-refractivity contribution >= 4 is 0 Å². The molecule has 190 valence electrons. The highest BCUT2D eigenvalue weighted by Crippen LogP contribution is 2.25. The monoisotopic (exact) mass is 472 g/mol. The maximum Gasteiger partial charge on any atom is 0.186 e. The minimum atomic E-state index is -1.70. The van der Waals surface area contributed by atoms with Crippen LogP contribution in [0.2, 0.25) is 0 Å². The molecule has 13 heteroatoms. The molecule has 0 saturated carbocycles. The van der Waals surface area contributed by atoms with E-state index in [2.05, 4.69) is 0 Å². The Labute approximate surface area is 185 Å². The average Bonchev–Trinajstić information content (AvgIpc) is 2.77. The zero-order chi connectivity index (χ0) is 23.8. The molecule has 2 fully saturated rings. The number of ether oxygens (including phenoxy) is 5. The Morgan fingerprint density at radius 3 is 2.22 bits per heavy atom. The molecule has 13 nitrogen and oxygen atoms in total. The van der Waals surface area contributed by atoms with Gasteiger partial charge < -0.3 is 64.5 Å². The van der Waals surface area contributed by atoms with Crippen LogP contribution in [0.4, 0.5) is 0 Å². The summed E-state index contributed by atoms with van der Waals surface area (Å²) in [7, 11) is 0. The second-order valence-electron chi connectivity index (χ2n) is 8.00. The number of aliphatic hydroxyl groups is 8. The number of hydrogen-bond donors (Lipinski definition) is 8. The fraction of sp³-hybridized carbons (Fsp3) is 1.00. The summed E-state index contributed by atoms with van der Waals surface area (Å²) in [5.41, 5.74) is 0. The van der Waals surface area contributed by atoms with Crippen LogP contribution in [0.3, 0.4) is 0 Å². The summed E-state index contributed by atoms with van der Waals surface area (Å²) >= 11 is 0. The van der Waals surface area contributed by atoms with Crippen molar-refractivity contribution in [3.63, 3.8) is 0 Å². The normalized spacial score (nSPS) is 37.6. The smallest absolute Gasteiger partial charge is 0.186 e. The van der Waals surface area contributed by atoms with E-state index in [4.69, 9.17) is 28.8 Å². The highest BCUT2D eigenvalue weighted by molar-refractivity contribution is 4.85. The molecule has 2 saturated heterocycles. The van der Waals surface area contributed by atoms with Crippen LogP contribution in [-0.2, 0) is 23.7 Å². The maximum absolute atomic E-state index is 10.7. The first-order valence-electron chi connectivity index (χ1n) is 10.6. The molecule has 0 aromatic heterocycles. The first-order chi connectivity index (χ1) is 15.2. The molecule has 0 aliphatic carbocycles. The molecule has 0 radical (unpaired) electrons. The number of rotatable bonds is 12. The molecule has 8 N–H and O–H groups in total. The first-order valence-corrected chi connectivity index (χ1v) is 10.6. The number of hydrogen-bond acceptors (Lipinski definition) is 13. The Morgan fingerprint density at radius 2 is 1.59 bits per heavy atom. The Morgan fingerprint density at radius 1 is 0.906 bits per heavy atom. The molecule has 2 aliphatic rings. The van der Waals surface area contributed by atoms with Crippen molar-refractivity contribution < 1.29 is 64.5 Å². The van der Waals surface area contributed by atoms with Crippen molar-refractivity contribution in [3.8, 4) is 0 Å². The SMILES string of the molecule is C[C@@H](O[C@H]1OC(CO)[C@@H](O)C[C@@H]1O)C(O)[C@H](O)[C@H](OCCO)O[C@H]1C[C@H](O)COC1CO. The molecule has 32 heavy (non-hydrogen) atoms. The predicted octanol–water partition coefficient (Wildman–Crippen LogP) is -4.20. The van der Waals surface area contributed by atoms with Crippen molar-refractivity contribution in [2.24, 2.45) is 0 Å². The van der Waals surface area contributed by atoms with Gasteiger partial charge >= 0.3 is 0 Å². The lowest BCUT2D eigenvalue weighted by molar-refractivity contribution is -0.305. The van der Waals surface area contributed by atoms with Crippen LogP contribution in [0.1, 0.15) is 19.8 Å². The Hall–Kier alpha value is -0.520. The van der Waals surface area contributed by atoms with Crippen molar-refractivity contribution in [2.75, 3.05) is 33.0 Å². The van der Waals surface area contributed by atoms with Crippen LogP contribution in [0.15, 0.2) is 0 Å². The molecular formula is C19H36O13. The topological polar surface area (TPSA) is 208 Å². The molecule has 3 unspecified atom stereocenters. The molecule has 0 aromatic rings. The van der Waals surface area contributed by atoms with Gasteiger partial charge in [0.05, 0.1) is 57.5 Å². The Balaban J connectivity index is 2.01. The van der Waals surface area contributed by atoms with E-state index >= 15 is 0 Å². The molecule has 0 spiro atoms. The van der Waals surface area contributed by atoms with E-state index in [9.17, 15) is 35.7 Å². The van der Waals surface area contributed by atoms with Crippen LogP contribution in [0.25, 0.3) is 0 Å². The largest absolute Gasteiger partial charge is 0.394 e. The van der Waals surface area contributed by atoms with Gasteiger partial charge in [-0.1, -0.05) is 0 Å². The second-order valence-corrected chi connectivity index (χ2v) is 8.00. The summed E-state index contributed by atoms with van der Waals surface area (Å²) < 4.78 is 27.1. The van der Waals surface area contributed by atoms with Crippen molar-refractivity contribution in [1.82, 2.24) is 0 Å². The van der Waals surface area contributed by atoms with Gasteiger partial charge in [0, 0.05) is 12.8 Å².